The van der Waals surface area contributed by atoms with Crippen molar-refractivity contribution < 1.29 is 9.78 Å². The Balaban J connectivity index is 1.44. The molecule has 0 spiro atoms. The second kappa shape index (κ2) is 7.45. The first kappa shape index (κ1) is 17.6. The SMILES string of the molecule is CC1C=C(c2cc[nH+]c(N)n2)SC1C(=O)Nc1nc(-c2cccnc2)cs1. The van der Waals surface area contributed by atoms with Gasteiger partial charge in [0.05, 0.1) is 17.1 Å². The molecule has 0 radical (unpaired) electrons. The quantitative estimate of drug-likeness (QED) is 0.701. The molecule has 4 N–H and O–H groups in total. The number of carbonyl (C=O) groups is 1. The third-order valence-electron chi connectivity index (χ3n) is 4.06. The maximum Gasteiger partial charge on any atom is 0.387 e. The number of aromatic amines is 1. The van der Waals surface area contributed by atoms with Crippen molar-refractivity contribution >= 4 is 45.0 Å². The number of anilines is 2. The summed E-state index contributed by atoms with van der Waals surface area (Å²) in [6, 6.07) is 5.65. The van der Waals surface area contributed by atoms with Gasteiger partial charge in [-0.2, -0.15) is 0 Å². The molecule has 0 saturated heterocycles. The zero-order chi connectivity index (χ0) is 18.8. The Morgan fingerprint density at radius 2 is 2.19 bits per heavy atom. The summed E-state index contributed by atoms with van der Waals surface area (Å²) in [5.74, 6) is 0.358. The second-order valence-electron chi connectivity index (χ2n) is 6.06. The van der Waals surface area contributed by atoms with Crippen LogP contribution in [-0.2, 0) is 4.79 Å². The van der Waals surface area contributed by atoms with Gasteiger partial charge < -0.3 is 5.32 Å². The van der Waals surface area contributed by atoms with Crippen LogP contribution in [0, 0.1) is 5.92 Å². The van der Waals surface area contributed by atoms with E-state index in [1.807, 2.05) is 30.5 Å². The number of thiazole rings is 1. The van der Waals surface area contributed by atoms with E-state index in [-0.39, 0.29) is 17.1 Å². The van der Waals surface area contributed by atoms with Crippen LogP contribution in [0.1, 0.15) is 12.6 Å². The summed E-state index contributed by atoms with van der Waals surface area (Å²) in [4.78, 5) is 29.4. The zero-order valence-electron chi connectivity index (χ0n) is 14.4. The Hall–Kier alpha value is -2.78. The first-order chi connectivity index (χ1) is 13.1. The van der Waals surface area contributed by atoms with E-state index in [2.05, 4.69) is 31.3 Å². The van der Waals surface area contributed by atoms with Crippen molar-refractivity contribution in [3.63, 3.8) is 0 Å². The molecule has 7 nitrogen and oxygen atoms in total. The summed E-state index contributed by atoms with van der Waals surface area (Å²) in [5.41, 5.74) is 8.21. The molecule has 4 heterocycles. The molecule has 3 aromatic rings. The monoisotopic (exact) mass is 397 g/mol. The molecule has 27 heavy (non-hydrogen) atoms. The first-order valence-corrected chi connectivity index (χ1v) is 10.1. The van der Waals surface area contributed by atoms with Crippen LogP contribution in [0.3, 0.4) is 0 Å². The number of nitrogens with zero attached hydrogens (tertiary/aromatic N) is 3. The van der Waals surface area contributed by atoms with Crippen molar-refractivity contribution in [1.82, 2.24) is 15.0 Å². The number of nitrogens with one attached hydrogen (secondary N) is 2. The van der Waals surface area contributed by atoms with Crippen molar-refractivity contribution in [2.45, 2.75) is 12.2 Å². The Morgan fingerprint density at radius 3 is 2.96 bits per heavy atom. The Labute approximate surface area is 164 Å². The Kier molecular flexibility index (Phi) is 4.87. The van der Waals surface area contributed by atoms with Gasteiger partial charge in [0.1, 0.15) is 0 Å². The van der Waals surface area contributed by atoms with Gasteiger partial charge in [-0.3, -0.25) is 15.5 Å². The molecular formula is C18H17N6OS2+. The highest BCUT2D eigenvalue weighted by atomic mass is 32.2. The van der Waals surface area contributed by atoms with Gasteiger partial charge >= 0.3 is 5.95 Å². The number of amides is 1. The molecule has 2 atom stereocenters. The molecule has 2 unspecified atom stereocenters. The van der Waals surface area contributed by atoms with Gasteiger partial charge in [-0.05, 0) is 18.1 Å². The minimum Gasteiger partial charge on any atom is -0.301 e. The minimum absolute atomic E-state index is 0.0682. The molecule has 3 aromatic heterocycles. The van der Waals surface area contributed by atoms with E-state index >= 15 is 0 Å². The number of carbonyl (C=O) groups excluding carboxylic acids is 1. The van der Waals surface area contributed by atoms with Crippen LogP contribution in [0.5, 0.6) is 0 Å². The lowest BCUT2D eigenvalue weighted by Crippen LogP contribution is -2.27. The molecule has 0 aromatic carbocycles. The zero-order valence-corrected chi connectivity index (χ0v) is 16.1. The Morgan fingerprint density at radius 1 is 1.30 bits per heavy atom. The van der Waals surface area contributed by atoms with E-state index in [4.69, 9.17) is 5.73 Å². The lowest BCUT2D eigenvalue weighted by atomic mass is 10.1. The highest BCUT2D eigenvalue weighted by Crippen LogP contribution is 2.42. The molecule has 1 amide bonds. The van der Waals surface area contributed by atoms with E-state index in [0.717, 1.165) is 21.9 Å². The van der Waals surface area contributed by atoms with Crippen LogP contribution in [0.2, 0.25) is 0 Å². The highest BCUT2D eigenvalue weighted by Gasteiger charge is 2.33. The third-order valence-corrected chi connectivity index (χ3v) is 6.32. The number of hydrogen-bond donors (Lipinski definition) is 2. The second-order valence-corrected chi connectivity index (χ2v) is 8.10. The molecule has 0 aliphatic carbocycles. The van der Waals surface area contributed by atoms with Crippen LogP contribution in [0.25, 0.3) is 16.2 Å². The topological polar surface area (TPSA) is 108 Å². The molecular weight excluding hydrogens is 380 g/mol. The van der Waals surface area contributed by atoms with Crippen LogP contribution in [-0.4, -0.2) is 26.1 Å². The van der Waals surface area contributed by atoms with Gasteiger partial charge in [-0.1, -0.05) is 18.0 Å². The van der Waals surface area contributed by atoms with Crippen molar-refractivity contribution in [3.05, 3.63) is 53.9 Å². The number of thioether (sulfide) groups is 1. The number of nitrogens with two attached hydrogens (primary N) is 1. The summed E-state index contributed by atoms with van der Waals surface area (Å²) in [6.07, 6.45) is 7.27. The molecule has 136 valence electrons. The largest absolute Gasteiger partial charge is 0.387 e. The normalized spacial score (nSPS) is 18.9. The van der Waals surface area contributed by atoms with Crippen molar-refractivity contribution in [3.8, 4) is 11.3 Å². The maximum absolute atomic E-state index is 12.8. The predicted molar refractivity (Wildman–Crippen MR) is 108 cm³/mol. The summed E-state index contributed by atoms with van der Waals surface area (Å²) in [6.45, 7) is 2.02. The standard InChI is InChI=1S/C18H16N6OS2/c1-10-7-14(12-4-6-21-17(19)22-12)27-15(10)16(25)24-18-23-13(9-26-18)11-3-2-5-20-8-11/h2-10,15H,1H3,(H2,19,21,22)(H,23,24,25)/p+1. The van der Waals surface area contributed by atoms with Gasteiger partial charge in [0.25, 0.3) is 0 Å². The van der Waals surface area contributed by atoms with E-state index in [9.17, 15) is 4.79 Å². The minimum atomic E-state index is -0.238. The molecule has 9 heteroatoms. The summed E-state index contributed by atoms with van der Waals surface area (Å²) in [5, 5.41) is 5.18. The highest BCUT2D eigenvalue weighted by molar-refractivity contribution is 8.09. The summed E-state index contributed by atoms with van der Waals surface area (Å²) >= 11 is 2.90. The number of aromatic nitrogens is 4. The molecule has 4 rings (SSSR count). The number of H-pyrrole nitrogens is 1. The summed E-state index contributed by atoms with van der Waals surface area (Å²) < 4.78 is 0. The van der Waals surface area contributed by atoms with Crippen LogP contribution < -0.4 is 16.0 Å². The van der Waals surface area contributed by atoms with E-state index in [1.165, 1.54) is 23.1 Å². The predicted octanol–water partition coefficient (Wildman–Crippen LogP) is 2.73. The van der Waals surface area contributed by atoms with Gasteiger partial charge in [0.15, 0.2) is 10.8 Å². The average molecular weight is 398 g/mol. The van der Waals surface area contributed by atoms with Gasteiger partial charge in [0, 0.05) is 34.3 Å². The number of allylic oxidation sites excluding steroid dienone is 1. The van der Waals surface area contributed by atoms with Crippen LogP contribution in [0.15, 0.2) is 48.2 Å². The fraction of sp³-hybridized carbons (Fsp3) is 0.167. The summed E-state index contributed by atoms with van der Waals surface area (Å²) in [7, 11) is 0. The number of nitrogen functional groups attached to an aromatic ring is 1. The van der Waals surface area contributed by atoms with Crippen LogP contribution in [0.4, 0.5) is 11.1 Å². The lowest BCUT2D eigenvalue weighted by molar-refractivity contribution is -0.364. The Bertz CT molecular complexity index is 1000. The molecule has 1 aliphatic heterocycles. The van der Waals surface area contributed by atoms with Gasteiger partial charge in [-0.25, -0.2) is 9.97 Å². The smallest absolute Gasteiger partial charge is 0.301 e. The number of hydrogen-bond acceptors (Lipinski definition) is 7. The average Bonchev–Trinajstić information content (AvgIpc) is 3.29. The number of pyridine rings is 1. The maximum atomic E-state index is 12.8. The van der Waals surface area contributed by atoms with E-state index in [1.54, 1.807) is 18.6 Å². The van der Waals surface area contributed by atoms with E-state index < -0.39 is 0 Å². The fourth-order valence-corrected chi connectivity index (χ4v) is 4.73. The van der Waals surface area contributed by atoms with Crippen LogP contribution >= 0.6 is 23.1 Å². The molecule has 0 bridgehead atoms. The lowest BCUT2D eigenvalue weighted by Gasteiger charge is -2.13. The fourth-order valence-electron chi connectivity index (χ4n) is 2.74. The molecule has 0 saturated carbocycles. The van der Waals surface area contributed by atoms with E-state index in [0.29, 0.717) is 11.1 Å². The van der Waals surface area contributed by atoms with Gasteiger partial charge in [0.2, 0.25) is 5.91 Å². The third kappa shape index (κ3) is 3.83. The van der Waals surface area contributed by atoms with Crippen molar-refractivity contribution in [1.29, 1.82) is 0 Å². The van der Waals surface area contributed by atoms with Crippen molar-refractivity contribution in [2.24, 2.45) is 5.92 Å². The number of rotatable bonds is 4. The van der Waals surface area contributed by atoms with Crippen molar-refractivity contribution in [2.75, 3.05) is 11.1 Å². The molecule has 0 fully saturated rings. The molecule has 1 aliphatic rings. The first-order valence-electron chi connectivity index (χ1n) is 8.30. The van der Waals surface area contributed by atoms with Gasteiger partial charge in [-0.15, -0.1) is 23.1 Å².